The predicted octanol–water partition coefficient (Wildman–Crippen LogP) is 3.41. The van der Waals surface area contributed by atoms with E-state index < -0.39 is 0 Å². The molecule has 1 heterocycles. The summed E-state index contributed by atoms with van der Waals surface area (Å²) in [4.78, 5) is 8.60. The number of hydrogen-bond donors (Lipinski definition) is 2. The highest BCUT2D eigenvalue weighted by Crippen LogP contribution is 2.24. The monoisotopic (exact) mass is 356 g/mol. The standard InChI is InChI=1S/C20H25FN4O/c1-22-20(24-13-15-6-4-8-17(21)12-15)25-14-16-7-5-11-23-19(16)26-18-9-2-3-10-18/h4-8,11-12,18H,2-3,9-10,13-14H2,1H3,(H2,22,24,25). The van der Waals surface area contributed by atoms with Gasteiger partial charge in [0.2, 0.25) is 5.88 Å². The molecular weight excluding hydrogens is 331 g/mol. The van der Waals surface area contributed by atoms with Crippen molar-refractivity contribution in [3.63, 3.8) is 0 Å². The van der Waals surface area contributed by atoms with Gasteiger partial charge >= 0.3 is 0 Å². The van der Waals surface area contributed by atoms with Gasteiger partial charge in [0.05, 0.1) is 0 Å². The number of ether oxygens (including phenoxy) is 1. The van der Waals surface area contributed by atoms with E-state index >= 15 is 0 Å². The molecule has 26 heavy (non-hydrogen) atoms. The first kappa shape index (κ1) is 18.2. The molecule has 0 aliphatic heterocycles. The van der Waals surface area contributed by atoms with Gasteiger partial charge in [-0.3, -0.25) is 4.99 Å². The van der Waals surface area contributed by atoms with Crippen molar-refractivity contribution < 1.29 is 9.13 Å². The molecule has 1 saturated carbocycles. The Morgan fingerprint density at radius 2 is 2.00 bits per heavy atom. The molecule has 0 bridgehead atoms. The van der Waals surface area contributed by atoms with E-state index in [4.69, 9.17) is 4.74 Å². The summed E-state index contributed by atoms with van der Waals surface area (Å²) in [5.74, 6) is 1.09. The van der Waals surface area contributed by atoms with E-state index in [-0.39, 0.29) is 11.9 Å². The average molecular weight is 356 g/mol. The molecule has 0 amide bonds. The van der Waals surface area contributed by atoms with Gasteiger partial charge in [-0.25, -0.2) is 9.37 Å². The molecular formula is C20H25FN4O. The molecule has 1 aromatic heterocycles. The number of halogens is 1. The highest BCUT2D eigenvalue weighted by Gasteiger charge is 2.18. The number of aliphatic imine (C=N–C) groups is 1. The third-order valence-electron chi connectivity index (χ3n) is 4.45. The molecule has 0 unspecified atom stereocenters. The molecule has 1 aliphatic carbocycles. The first-order valence-electron chi connectivity index (χ1n) is 9.04. The molecule has 138 valence electrons. The number of nitrogens with zero attached hydrogens (tertiary/aromatic N) is 2. The molecule has 5 nitrogen and oxygen atoms in total. The SMILES string of the molecule is CN=C(NCc1cccc(F)c1)NCc1cccnc1OC1CCCC1. The number of hydrogen-bond acceptors (Lipinski definition) is 3. The van der Waals surface area contributed by atoms with Crippen LogP contribution in [0.15, 0.2) is 47.6 Å². The van der Waals surface area contributed by atoms with Gasteiger partial charge in [-0.1, -0.05) is 18.2 Å². The van der Waals surface area contributed by atoms with E-state index in [1.807, 2.05) is 18.2 Å². The van der Waals surface area contributed by atoms with Crippen LogP contribution in [0.5, 0.6) is 5.88 Å². The summed E-state index contributed by atoms with van der Waals surface area (Å²) in [5, 5.41) is 6.45. The van der Waals surface area contributed by atoms with E-state index in [0.29, 0.717) is 24.9 Å². The van der Waals surface area contributed by atoms with Crippen LogP contribution >= 0.6 is 0 Å². The van der Waals surface area contributed by atoms with Crippen molar-refractivity contribution in [2.75, 3.05) is 7.05 Å². The van der Waals surface area contributed by atoms with Crippen molar-refractivity contribution in [3.05, 3.63) is 59.5 Å². The fourth-order valence-corrected chi connectivity index (χ4v) is 3.06. The third kappa shape index (κ3) is 5.18. The van der Waals surface area contributed by atoms with Crippen LogP contribution in [-0.4, -0.2) is 24.1 Å². The van der Waals surface area contributed by atoms with E-state index in [0.717, 1.165) is 24.0 Å². The summed E-state index contributed by atoms with van der Waals surface area (Å²) in [6.07, 6.45) is 6.67. The Balaban J connectivity index is 1.55. The zero-order valence-corrected chi connectivity index (χ0v) is 15.0. The second-order valence-electron chi connectivity index (χ2n) is 6.40. The van der Waals surface area contributed by atoms with E-state index in [1.165, 1.54) is 25.0 Å². The van der Waals surface area contributed by atoms with E-state index in [9.17, 15) is 4.39 Å². The zero-order chi connectivity index (χ0) is 18.2. The van der Waals surface area contributed by atoms with Crippen LogP contribution in [-0.2, 0) is 13.1 Å². The van der Waals surface area contributed by atoms with Gasteiger partial charge in [0.15, 0.2) is 5.96 Å². The largest absolute Gasteiger partial charge is 0.474 e. The molecule has 0 atom stereocenters. The molecule has 0 spiro atoms. The van der Waals surface area contributed by atoms with Gasteiger partial charge in [0.1, 0.15) is 11.9 Å². The lowest BCUT2D eigenvalue weighted by Crippen LogP contribution is -2.36. The second kappa shape index (κ2) is 9.17. The van der Waals surface area contributed by atoms with Gasteiger partial charge in [0.25, 0.3) is 0 Å². The summed E-state index contributed by atoms with van der Waals surface area (Å²) in [6, 6.07) is 10.4. The first-order valence-corrected chi connectivity index (χ1v) is 9.04. The van der Waals surface area contributed by atoms with Gasteiger partial charge < -0.3 is 15.4 Å². The number of guanidine groups is 1. The Kier molecular flexibility index (Phi) is 6.41. The van der Waals surface area contributed by atoms with Crippen LogP contribution in [0.25, 0.3) is 0 Å². The number of rotatable bonds is 6. The van der Waals surface area contributed by atoms with Crippen molar-refractivity contribution in [1.29, 1.82) is 0 Å². The lowest BCUT2D eigenvalue weighted by atomic mass is 10.2. The Labute approximate surface area is 153 Å². The highest BCUT2D eigenvalue weighted by atomic mass is 19.1. The Morgan fingerprint density at radius 1 is 1.19 bits per heavy atom. The van der Waals surface area contributed by atoms with Gasteiger partial charge in [-0.05, 0) is 49.4 Å². The summed E-state index contributed by atoms with van der Waals surface area (Å²) < 4.78 is 19.3. The fourth-order valence-electron chi connectivity index (χ4n) is 3.06. The summed E-state index contributed by atoms with van der Waals surface area (Å²) in [5.41, 5.74) is 1.85. The summed E-state index contributed by atoms with van der Waals surface area (Å²) >= 11 is 0. The molecule has 6 heteroatoms. The molecule has 1 fully saturated rings. The Bertz CT molecular complexity index is 744. The first-order chi connectivity index (χ1) is 12.7. The molecule has 2 N–H and O–H groups in total. The third-order valence-corrected chi connectivity index (χ3v) is 4.45. The van der Waals surface area contributed by atoms with Crippen LogP contribution in [0.2, 0.25) is 0 Å². The number of pyridine rings is 1. The lowest BCUT2D eigenvalue weighted by molar-refractivity contribution is 0.199. The van der Waals surface area contributed by atoms with Gasteiger partial charge in [-0.15, -0.1) is 0 Å². The molecule has 0 saturated heterocycles. The lowest BCUT2D eigenvalue weighted by Gasteiger charge is -2.17. The van der Waals surface area contributed by atoms with Crippen molar-refractivity contribution >= 4 is 5.96 Å². The van der Waals surface area contributed by atoms with E-state index in [2.05, 4.69) is 20.6 Å². The Morgan fingerprint density at radius 3 is 2.77 bits per heavy atom. The molecule has 0 radical (unpaired) electrons. The maximum Gasteiger partial charge on any atom is 0.218 e. The van der Waals surface area contributed by atoms with Crippen molar-refractivity contribution in [3.8, 4) is 5.88 Å². The van der Waals surface area contributed by atoms with Crippen molar-refractivity contribution in [1.82, 2.24) is 15.6 Å². The topological polar surface area (TPSA) is 58.5 Å². The minimum atomic E-state index is -0.240. The minimum Gasteiger partial charge on any atom is -0.474 e. The second-order valence-corrected chi connectivity index (χ2v) is 6.40. The molecule has 1 aromatic carbocycles. The average Bonchev–Trinajstić information content (AvgIpc) is 3.16. The number of nitrogens with one attached hydrogen (secondary N) is 2. The predicted molar refractivity (Wildman–Crippen MR) is 101 cm³/mol. The van der Waals surface area contributed by atoms with Crippen LogP contribution in [0.4, 0.5) is 4.39 Å². The summed E-state index contributed by atoms with van der Waals surface area (Å²) in [7, 11) is 1.71. The highest BCUT2D eigenvalue weighted by molar-refractivity contribution is 5.79. The smallest absolute Gasteiger partial charge is 0.218 e. The zero-order valence-electron chi connectivity index (χ0n) is 15.0. The maximum absolute atomic E-state index is 13.3. The molecule has 1 aliphatic rings. The van der Waals surface area contributed by atoms with Gasteiger partial charge in [0, 0.05) is 31.9 Å². The molecule has 3 rings (SSSR count). The number of aromatic nitrogens is 1. The van der Waals surface area contributed by atoms with Crippen LogP contribution in [0, 0.1) is 5.82 Å². The van der Waals surface area contributed by atoms with Crippen molar-refractivity contribution in [2.45, 2.75) is 44.9 Å². The van der Waals surface area contributed by atoms with Crippen molar-refractivity contribution in [2.24, 2.45) is 4.99 Å². The minimum absolute atomic E-state index is 0.240. The van der Waals surface area contributed by atoms with Crippen LogP contribution in [0.1, 0.15) is 36.8 Å². The summed E-state index contributed by atoms with van der Waals surface area (Å²) in [6.45, 7) is 1.05. The Hall–Kier alpha value is -2.63. The van der Waals surface area contributed by atoms with E-state index in [1.54, 1.807) is 19.3 Å². The fraction of sp³-hybridized carbons (Fsp3) is 0.400. The van der Waals surface area contributed by atoms with Gasteiger partial charge in [-0.2, -0.15) is 0 Å². The molecule has 2 aromatic rings. The number of benzene rings is 1. The maximum atomic E-state index is 13.3. The quantitative estimate of drug-likeness (QED) is 0.615. The van der Waals surface area contributed by atoms with Crippen LogP contribution in [0.3, 0.4) is 0 Å². The van der Waals surface area contributed by atoms with Crippen LogP contribution < -0.4 is 15.4 Å². The normalized spacial score (nSPS) is 15.1.